The van der Waals surface area contributed by atoms with E-state index < -0.39 is 0 Å². The van der Waals surface area contributed by atoms with Crippen molar-refractivity contribution >= 4 is 33.9 Å². The first-order valence-corrected chi connectivity index (χ1v) is 10.4. The van der Waals surface area contributed by atoms with Gasteiger partial charge in [0.15, 0.2) is 0 Å². The highest BCUT2D eigenvalue weighted by atomic mass is 15.1. The Kier molecular flexibility index (Phi) is 3.92. The second-order valence-corrected chi connectivity index (χ2v) is 7.92. The predicted octanol–water partition coefficient (Wildman–Crippen LogP) is 5.27. The Hall–Kier alpha value is -3.84. The van der Waals surface area contributed by atoms with Crippen LogP contribution in [0.25, 0.3) is 33.9 Å². The van der Waals surface area contributed by atoms with Gasteiger partial charge in [-0.1, -0.05) is 103 Å². The summed E-state index contributed by atoms with van der Waals surface area (Å²) >= 11 is 0. The molecule has 0 aliphatic carbocycles. The maximum absolute atomic E-state index is 2.32. The molecule has 0 N–H and O–H groups in total. The lowest BCUT2D eigenvalue weighted by Crippen LogP contribution is -2.15. The average Bonchev–Trinajstić information content (AvgIpc) is 2.96. The summed E-state index contributed by atoms with van der Waals surface area (Å²) in [6.07, 6.45) is 4.59. The maximum atomic E-state index is 2.32. The molecule has 0 atom stereocenters. The summed E-state index contributed by atoms with van der Waals surface area (Å²) in [6.45, 7) is 0.847. The number of rotatable bonds is 2. The first-order chi connectivity index (χ1) is 14.9. The van der Waals surface area contributed by atoms with Gasteiger partial charge in [-0.05, 0) is 48.0 Å². The molecule has 1 heteroatoms. The predicted molar refractivity (Wildman–Crippen MR) is 126 cm³/mol. The molecule has 1 nitrogen and oxygen atoms in total. The second-order valence-electron chi connectivity index (χ2n) is 7.92. The van der Waals surface area contributed by atoms with Crippen molar-refractivity contribution in [3.63, 3.8) is 0 Å². The summed E-state index contributed by atoms with van der Waals surface area (Å²) in [4.78, 5) is 2.32. The number of nitrogens with zero attached hydrogens (tertiary/aromatic N) is 1. The smallest absolute Gasteiger partial charge is 0.0470 e. The van der Waals surface area contributed by atoms with E-state index in [9.17, 15) is 0 Å². The van der Waals surface area contributed by atoms with Crippen LogP contribution >= 0.6 is 0 Å². The molecule has 0 saturated heterocycles. The lowest BCUT2D eigenvalue weighted by Gasteiger charge is -2.15. The monoisotopic (exact) mass is 383 g/mol. The van der Waals surface area contributed by atoms with Crippen LogP contribution in [0.5, 0.6) is 0 Å². The van der Waals surface area contributed by atoms with E-state index in [1.807, 2.05) is 0 Å². The highest BCUT2D eigenvalue weighted by Crippen LogP contribution is 2.19. The van der Waals surface area contributed by atoms with E-state index in [0.717, 1.165) is 6.54 Å². The number of hydrogen-bond donors (Lipinski definition) is 0. The molecule has 0 saturated carbocycles. The van der Waals surface area contributed by atoms with Gasteiger partial charge in [-0.25, -0.2) is 0 Å². The SMILES string of the molecule is C1=c2ccc3ccccc3c2=c2c(ccc3ccccc23)=CN1Cc1ccccc1. The molecule has 0 spiro atoms. The van der Waals surface area contributed by atoms with Crippen molar-refractivity contribution in [2.45, 2.75) is 6.54 Å². The van der Waals surface area contributed by atoms with Crippen molar-refractivity contribution < 1.29 is 0 Å². The van der Waals surface area contributed by atoms with Crippen LogP contribution in [0, 0.1) is 10.4 Å². The Balaban J connectivity index is 1.80. The molecule has 0 bridgehead atoms. The largest absolute Gasteiger partial charge is 0.349 e. The molecule has 0 amide bonds. The van der Waals surface area contributed by atoms with Crippen LogP contribution in [0.1, 0.15) is 5.56 Å². The molecule has 0 fully saturated rings. The van der Waals surface area contributed by atoms with Crippen molar-refractivity contribution in [3.05, 3.63) is 130 Å². The van der Waals surface area contributed by atoms with Gasteiger partial charge in [-0.3, -0.25) is 0 Å². The molecule has 6 rings (SSSR count). The Morgan fingerprint density at radius 1 is 0.467 bits per heavy atom. The summed E-state index contributed by atoms with van der Waals surface area (Å²) in [5.74, 6) is 0. The highest BCUT2D eigenvalue weighted by Gasteiger charge is 2.08. The third-order valence-electron chi connectivity index (χ3n) is 5.99. The van der Waals surface area contributed by atoms with E-state index >= 15 is 0 Å². The molecule has 0 aromatic heterocycles. The molecule has 142 valence electrons. The average molecular weight is 383 g/mol. The van der Waals surface area contributed by atoms with Crippen LogP contribution < -0.4 is 10.4 Å². The summed E-state index contributed by atoms with van der Waals surface area (Å²) < 4.78 is 0. The van der Waals surface area contributed by atoms with E-state index in [0.29, 0.717) is 0 Å². The zero-order valence-electron chi connectivity index (χ0n) is 16.6. The molecule has 5 aromatic carbocycles. The van der Waals surface area contributed by atoms with Gasteiger partial charge in [0.25, 0.3) is 0 Å². The van der Waals surface area contributed by atoms with Gasteiger partial charge in [0.1, 0.15) is 0 Å². The Labute approximate surface area is 175 Å². The van der Waals surface area contributed by atoms with E-state index in [1.165, 1.54) is 48.0 Å². The zero-order chi connectivity index (χ0) is 19.9. The molecule has 1 aliphatic heterocycles. The third kappa shape index (κ3) is 2.79. The van der Waals surface area contributed by atoms with Gasteiger partial charge in [0, 0.05) is 18.9 Å². The minimum atomic E-state index is 0.847. The highest BCUT2D eigenvalue weighted by molar-refractivity contribution is 5.88. The summed E-state index contributed by atoms with van der Waals surface area (Å²) in [5, 5.41) is 10.3. The molecule has 30 heavy (non-hydrogen) atoms. The van der Waals surface area contributed by atoms with E-state index in [4.69, 9.17) is 0 Å². The molecule has 1 heterocycles. The molecule has 5 aromatic rings. The van der Waals surface area contributed by atoms with Crippen LogP contribution in [-0.4, -0.2) is 4.90 Å². The fraction of sp³-hybridized carbons (Fsp3) is 0.0345. The van der Waals surface area contributed by atoms with E-state index in [1.54, 1.807) is 0 Å². The van der Waals surface area contributed by atoms with Crippen LogP contribution in [0.4, 0.5) is 0 Å². The quantitative estimate of drug-likeness (QED) is 0.401. The lowest BCUT2D eigenvalue weighted by atomic mass is 10.0. The van der Waals surface area contributed by atoms with Crippen LogP contribution in [-0.2, 0) is 6.54 Å². The first-order valence-electron chi connectivity index (χ1n) is 10.4. The summed E-state index contributed by atoms with van der Waals surface area (Å²) in [5.41, 5.74) is 1.30. The normalized spacial score (nSPS) is 12.6. The Morgan fingerprint density at radius 3 is 1.53 bits per heavy atom. The topological polar surface area (TPSA) is 3.24 Å². The summed E-state index contributed by atoms with van der Waals surface area (Å²) in [7, 11) is 0. The van der Waals surface area contributed by atoms with Gasteiger partial charge < -0.3 is 4.90 Å². The van der Waals surface area contributed by atoms with Crippen molar-refractivity contribution in [2.75, 3.05) is 0 Å². The third-order valence-corrected chi connectivity index (χ3v) is 5.99. The minimum Gasteiger partial charge on any atom is -0.349 e. The van der Waals surface area contributed by atoms with E-state index in [2.05, 4.69) is 120 Å². The fourth-order valence-electron chi connectivity index (χ4n) is 4.63. The van der Waals surface area contributed by atoms with Gasteiger partial charge in [0.05, 0.1) is 0 Å². The Morgan fingerprint density at radius 2 is 0.967 bits per heavy atom. The van der Waals surface area contributed by atoms with Crippen LogP contribution in [0.15, 0.2) is 103 Å². The van der Waals surface area contributed by atoms with Gasteiger partial charge in [-0.2, -0.15) is 0 Å². The lowest BCUT2D eigenvalue weighted by molar-refractivity contribution is 0.589. The van der Waals surface area contributed by atoms with E-state index in [-0.39, 0.29) is 0 Å². The van der Waals surface area contributed by atoms with Crippen LogP contribution in [0.3, 0.4) is 0 Å². The van der Waals surface area contributed by atoms with Gasteiger partial charge >= 0.3 is 0 Å². The Bertz CT molecular complexity index is 1510. The molecule has 1 aliphatic rings. The van der Waals surface area contributed by atoms with Crippen molar-refractivity contribution in [1.82, 2.24) is 4.90 Å². The molecular weight excluding hydrogens is 362 g/mol. The number of benzene rings is 5. The van der Waals surface area contributed by atoms with Crippen LogP contribution in [0.2, 0.25) is 0 Å². The standard InChI is InChI=1S/C29H21N/c1-2-8-21(9-3-1)18-30-19-24-16-14-22-10-4-6-12-26(22)28(24)29-25(20-30)17-15-23-11-5-7-13-27(23)29/h1-17,19-20H,18H2. The van der Waals surface area contributed by atoms with Crippen molar-refractivity contribution in [1.29, 1.82) is 0 Å². The number of hydrogen-bond acceptors (Lipinski definition) is 1. The fourth-order valence-corrected chi connectivity index (χ4v) is 4.63. The molecule has 0 unspecified atom stereocenters. The van der Waals surface area contributed by atoms with Crippen molar-refractivity contribution in [3.8, 4) is 0 Å². The zero-order valence-corrected chi connectivity index (χ0v) is 16.6. The maximum Gasteiger partial charge on any atom is 0.0470 e. The second kappa shape index (κ2) is 6.89. The summed E-state index contributed by atoms with van der Waals surface area (Å²) in [6, 6.07) is 37.1. The molecular formula is C29H21N. The molecule has 0 radical (unpaired) electrons. The van der Waals surface area contributed by atoms with Gasteiger partial charge in [0.2, 0.25) is 0 Å². The minimum absolute atomic E-state index is 0.847. The van der Waals surface area contributed by atoms with Crippen molar-refractivity contribution in [2.24, 2.45) is 0 Å². The number of fused-ring (bicyclic) bond motifs is 6. The van der Waals surface area contributed by atoms with Gasteiger partial charge in [-0.15, -0.1) is 0 Å². The first kappa shape index (κ1) is 17.1.